The van der Waals surface area contributed by atoms with Crippen molar-refractivity contribution in [2.24, 2.45) is 0 Å². The first-order valence-electron chi connectivity index (χ1n) is 7.20. The van der Waals surface area contributed by atoms with Gasteiger partial charge in [0.2, 0.25) is 0 Å². The van der Waals surface area contributed by atoms with Crippen LogP contribution in [0.3, 0.4) is 0 Å². The van der Waals surface area contributed by atoms with Crippen molar-refractivity contribution < 1.29 is 23.1 Å². The number of aromatic nitrogens is 1. The molecule has 2 rings (SSSR count). The number of nitrogens with zero attached hydrogens (tertiary/aromatic N) is 2. The zero-order chi connectivity index (χ0) is 18.4. The van der Waals surface area contributed by atoms with Crippen molar-refractivity contribution in [3.05, 3.63) is 41.0 Å². The highest BCUT2D eigenvalue weighted by Crippen LogP contribution is 2.28. The summed E-state index contributed by atoms with van der Waals surface area (Å²) >= 11 is 1.35. The van der Waals surface area contributed by atoms with E-state index in [4.69, 9.17) is 5.26 Å². The highest BCUT2D eigenvalue weighted by atomic mass is 32.1. The van der Waals surface area contributed by atoms with Crippen LogP contribution in [0.5, 0.6) is 0 Å². The fourth-order valence-electron chi connectivity index (χ4n) is 2.12. The van der Waals surface area contributed by atoms with Gasteiger partial charge in [0.25, 0.3) is 5.91 Å². The van der Waals surface area contributed by atoms with Gasteiger partial charge in [-0.3, -0.25) is 4.79 Å². The predicted octanol–water partition coefficient (Wildman–Crippen LogP) is 2.63. The van der Waals surface area contributed by atoms with Crippen molar-refractivity contribution >= 4 is 17.2 Å². The Morgan fingerprint density at radius 2 is 2.04 bits per heavy atom. The first-order chi connectivity index (χ1) is 12.0. The number of aliphatic hydroxyl groups excluding tert-OH is 1. The minimum absolute atomic E-state index is 0.212. The van der Waals surface area contributed by atoms with Crippen LogP contribution < -0.4 is 5.32 Å². The monoisotopic (exact) mass is 369 g/mol. The van der Waals surface area contributed by atoms with Crippen molar-refractivity contribution in [2.75, 3.05) is 6.67 Å². The van der Waals surface area contributed by atoms with Gasteiger partial charge in [-0.25, -0.2) is 9.37 Å². The summed E-state index contributed by atoms with van der Waals surface area (Å²) in [6.07, 6.45) is -2.91. The van der Waals surface area contributed by atoms with E-state index in [1.54, 1.807) is 23.6 Å². The third-order valence-corrected chi connectivity index (χ3v) is 4.44. The molecule has 2 N–H and O–H groups in total. The fraction of sp³-hybridized carbons (Fsp3) is 0.312. The summed E-state index contributed by atoms with van der Waals surface area (Å²) in [6.45, 7) is -1.19. The van der Waals surface area contributed by atoms with E-state index >= 15 is 0 Å². The van der Waals surface area contributed by atoms with Crippen molar-refractivity contribution in [1.29, 1.82) is 5.26 Å². The topological polar surface area (TPSA) is 86.0 Å². The van der Waals surface area contributed by atoms with Gasteiger partial charge in [-0.05, 0) is 11.1 Å². The molecule has 0 unspecified atom stereocenters. The van der Waals surface area contributed by atoms with E-state index in [0.717, 1.165) is 10.4 Å². The molecule has 0 saturated carbocycles. The summed E-state index contributed by atoms with van der Waals surface area (Å²) in [5.41, 5.74) is 1.06. The minimum atomic E-state index is -3.28. The molecule has 0 aliphatic heterocycles. The molecule has 0 saturated heterocycles. The zero-order valence-electron chi connectivity index (χ0n) is 12.8. The number of nitrogens with one attached hydrogen (secondary N) is 1. The molecule has 5 nitrogen and oxygen atoms in total. The van der Waals surface area contributed by atoms with Crippen LogP contribution in [0.4, 0.5) is 13.2 Å². The molecule has 9 heteroatoms. The molecule has 0 fully saturated rings. The number of alkyl halides is 3. The maximum absolute atomic E-state index is 13.0. The Morgan fingerprint density at radius 1 is 1.36 bits per heavy atom. The maximum atomic E-state index is 13.0. The molecule has 0 radical (unpaired) electrons. The normalized spacial score (nSPS) is 13.3. The van der Waals surface area contributed by atoms with Gasteiger partial charge in [0.1, 0.15) is 17.8 Å². The standard InChI is InChI=1S/C16H14F3N3O2S/c17-7-11(22-16(24)15(18)19)14(23)10-3-1-9(2-4-10)12-8-21-13(25-12)5-6-20/h1-4,8,11,14-15,23H,5,7H2,(H,22,24)/t11-,14+/m1/s1. The highest BCUT2D eigenvalue weighted by molar-refractivity contribution is 7.15. The summed E-state index contributed by atoms with van der Waals surface area (Å²) in [5, 5.41) is 21.2. The number of rotatable bonds is 7. The van der Waals surface area contributed by atoms with Gasteiger partial charge < -0.3 is 10.4 Å². The van der Waals surface area contributed by atoms with Crippen LogP contribution in [0, 0.1) is 11.3 Å². The molecular weight excluding hydrogens is 355 g/mol. The zero-order valence-corrected chi connectivity index (χ0v) is 13.6. The highest BCUT2D eigenvalue weighted by Gasteiger charge is 2.26. The Bertz CT molecular complexity index is 759. The number of hydrogen-bond donors (Lipinski definition) is 2. The van der Waals surface area contributed by atoms with Crippen LogP contribution in [0.15, 0.2) is 30.5 Å². The first-order valence-corrected chi connectivity index (χ1v) is 8.02. The molecule has 132 valence electrons. The first kappa shape index (κ1) is 18.9. The van der Waals surface area contributed by atoms with Crippen LogP contribution in [-0.4, -0.2) is 35.1 Å². The largest absolute Gasteiger partial charge is 0.386 e. The Balaban J connectivity index is 2.11. The molecular formula is C16H14F3N3O2S. The number of aliphatic hydroxyl groups is 1. The molecule has 0 aliphatic rings. The van der Waals surface area contributed by atoms with Crippen LogP contribution >= 0.6 is 11.3 Å². The van der Waals surface area contributed by atoms with E-state index in [1.165, 1.54) is 23.5 Å². The number of halogens is 3. The second-order valence-corrected chi connectivity index (χ2v) is 6.21. The van der Waals surface area contributed by atoms with Crippen LogP contribution in [0.1, 0.15) is 16.7 Å². The van der Waals surface area contributed by atoms with Crippen LogP contribution in [0.25, 0.3) is 10.4 Å². The second kappa shape index (κ2) is 8.60. The molecule has 0 bridgehead atoms. The summed E-state index contributed by atoms with van der Waals surface area (Å²) < 4.78 is 37.5. The van der Waals surface area contributed by atoms with Crippen molar-refractivity contribution in [3.63, 3.8) is 0 Å². The summed E-state index contributed by atoms with van der Waals surface area (Å²) in [6, 6.07) is 6.89. The van der Waals surface area contributed by atoms with E-state index in [2.05, 4.69) is 4.98 Å². The number of amides is 1. The maximum Gasteiger partial charge on any atom is 0.315 e. The number of carbonyl (C=O) groups excluding carboxylic acids is 1. The lowest BCUT2D eigenvalue weighted by atomic mass is 10.0. The molecule has 1 heterocycles. The van der Waals surface area contributed by atoms with Gasteiger partial charge in [-0.2, -0.15) is 14.0 Å². The Morgan fingerprint density at radius 3 is 2.60 bits per heavy atom. The summed E-state index contributed by atoms with van der Waals surface area (Å²) in [7, 11) is 0. The second-order valence-electron chi connectivity index (χ2n) is 5.09. The van der Waals surface area contributed by atoms with Crippen molar-refractivity contribution in [1.82, 2.24) is 10.3 Å². The van der Waals surface area contributed by atoms with E-state index in [9.17, 15) is 23.1 Å². The Labute approximate surface area is 145 Å². The lowest BCUT2D eigenvalue weighted by Crippen LogP contribution is -2.43. The lowest BCUT2D eigenvalue weighted by molar-refractivity contribution is -0.133. The number of benzene rings is 1. The van der Waals surface area contributed by atoms with Crippen molar-refractivity contribution in [2.45, 2.75) is 25.0 Å². The average Bonchev–Trinajstić information content (AvgIpc) is 3.08. The SMILES string of the molecule is N#CCc1ncc(-c2ccc([C@H](O)[C@@H](CF)NC(=O)C(F)F)cc2)s1. The predicted molar refractivity (Wildman–Crippen MR) is 85.7 cm³/mol. The molecule has 1 aromatic carbocycles. The van der Waals surface area contributed by atoms with Crippen LogP contribution in [0.2, 0.25) is 0 Å². The molecule has 0 aliphatic carbocycles. The summed E-state index contributed by atoms with van der Waals surface area (Å²) in [4.78, 5) is 15.9. The van der Waals surface area contributed by atoms with Gasteiger partial charge in [-0.15, -0.1) is 11.3 Å². The molecule has 1 aromatic heterocycles. The van der Waals surface area contributed by atoms with Crippen LogP contribution in [-0.2, 0) is 11.2 Å². The molecule has 2 aromatic rings. The number of nitriles is 1. The lowest BCUT2D eigenvalue weighted by Gasteiger charge is -2.21. The molecule has 0 spiro atoms. The number of thiazole rings is 1. The van der Waals surface area contributed by atoms with Crippen molar-refractivity contribution in [3.8, 4) is 16.5 Å². The number of carbonyl (C=O) groups is 1. The molecule has 2 atom stereocenters. The van der Waals surface area contributed by atoms with E-state index in [-0.39, 0.29) is 12.0 Å². The van der Waals surface area contributed by atoms with Gasteiger partial charge in [-0.1, -0.05) is 24.3 Å². The third-order valence-electron chi connectivity index (χ3n) is 3.39. The minimum Gasteiger partial charge on any atom is -0.386 e. The van der Waals surface area contributed by atoms with Gasteiger partial charge in [0.15, 0.2) is 0 Å². The average molecular weight is 369 g/mol. The van der Waals surface area contributed by atoms with E-state index < -0.39 is 31.2 Å². The van der Waals surface area contributed by atoms with E-state index in [0.29, 0.717) is 5.01 Å². The third kappa shape index (κ3) is 4.78. The van der Waals surface area contributed by atoms with Gasteiger partial charge in [0, 0.05) is 6.20 Å². The Hall–Kier alpha value is -2.44. The smallest absolute Gasteiger partial charge is 0.315 e. The quantitative estimate of drug-likeness (QED) is 0.786. The fourth-order valence-corrected chi connectivity index (χ4v) is 2.97. The van der Waals surface area contributed by atoms with E-state index in [1.807, 2.05) is 6.07 Å². The molecule has 1 amide bonds. The Kier molecular flexibility index (Phi) is 6.50. The van der Waals surface area contributed by atoms with Gasteiger partial charge >= 0.3 is 6.43 Å². The molecule has 25 heavy (non-hydrogen) atoms. The number of hydrogen-bond acceptors (Lipinski definition) is 5. The van der Waals surface area contributed by atoms with Gasteiger partial charge in [0.05, 0.1) is 23.4 Å². The summed E-state index contributed by atoms with van der Waals surface area (Å²) in [5.74, 6) is -1.63.